The molecular formula is C16H22N2O3. The minimum Gasteiger partial charge on any atom is -0.478 e. The first kappa shape index (κ1) is 15.5. The van der Waals surface area contributed by atoms with Crippen LogP contribution < -0.4 is 0 Å². The highest BCUT2D eigenvalue weighted by Crippen LogP contribution is 2.22. The third-order valence-electron chi connectivity index (χ3n) is 3.44. The van der Waals surface area contributed by atoms with Crippen LogP contribution >= 0.6 is 0 Å². The number of hydrogen-bond donors (Lipinski definition) is 1. The number of para-hydroxylation sites is 1. The number of hydrogen-bond acceptors (Lipinski definition) is 3. The average molecular weight is 290 g/mol. The van der Waals surface area contributed by atoms with E-state index in [1.165, 1.54) is 0 Å². The molecule has 0 fully saturated rings. The lowest BCUT2D eigenvalue weighted by Gasteiger charge is -2.16. The minimum atomic E-state index is -0.922. The van der Waals surface area contributed by atoms with Crippen molar-refractivity contribution < 1.29 is 14.6 Å². The lowest BCUT2D eigenvalue weighted by Crippen LogP contribution is -2.19. The van der Waals surface area contributed by atoms with Crippen LogP contribution in [0.1, 0.15) is 43.4 Å². The molecule has 5 heteroatoms. The van der Waals surface area contributed by atoms with Gasteiger partial charge in [0, 0.05) is 13.0 Å². The Hall–Kier alpha value is -1.88. The van der Waals surface area contributed by atoms with Crippen LogP contribution in [-0.2, 0) is 17.7 Å². The van der Waals surface area contributed by atoms with Crippen molar-refractivity contribution in [3.05, 3.63) is 29.6 Å². The first-order valence-electron chi connectivity index (χ1n) is 7.41. The molecule has 1 unspecified atom stereocenters. The van der Waals surface area contributed by atoms with E-state index < -0.39 is 5.97 Å². The van der Waals surface area contributed by atoms with Gasteiger partial charge in [0.2, 0.25) is 0 Å². The van der Waals surface area contributed by atoms with Crippen molar-refractivity contribution >= 4 is 17.0 Å². The molecule has 2 rings (SSSR count). The Morgan fingerprint density at radius 3 is 2.81 bits per heavy atom. The van der Waals surface area contributed by atoms with Gasteiger partial charge in [-0.3, -0.25) is 0 Å². The SMILES string of the molecule is CCCc1nc2cccc(C(=O)O)c2n1CC(C)OCC. The van der Waals surface area contributed by atoms with Crippen molar-refractivity contribution in [2.24, 2.45) is 0 Å². The summed E-state index contributed by atoms with van der Waals surface area (Å²) < 4.78 is 7.60. The molecule has 0 radical (unpaired) electrons. The Morgan fingerprint density at radius 1 is 1.43 bits per heavy atom. The summed E-state index contributed by atoms with van der Waals surface area (Å²) in [6.07, 6.45) is 1.81. The number of fused-ring (bicyclic) bond motifs is 1. The average Bonchev–Trinajstić information content (AvgIpc) is 2.77. The predicted molar refractivity (Wildman–Crippen MR) is 81.8 cm³/mol. The van der Waals surface area contributed by atoms with Crippen LogP contribution in [0.5, 0.6) is 0 Å². The van der Waals surface area contributed by atoms with Crippen molar-refractivity contribution in [2.75, 3.05) is 6.61 Å². The summed E-state index contributed by atoms with van der Waals surface area (Å²) in [5.41, 5.74) is 1.73. The first-order chi connectivity index (χ1) is 10.1. The molecule has 0 aliphatic carbocycles. The van der Waals surface area contributed by atoms with E-state index in [1.54, 1.807) is 12.1 Å². The summed E-state index contributed by atoms with van der Waals surface area (Å²) >= 11 is 0. The van der Waals surface area contributed by atoms with E-state index in [1.807, 2.05) is 24.5 Å². The first-order valence-corrected chi connectivity index (χ1v) is 7.41. The maximum Gasteiger partial charge on any atom is 0.337 e. The van der Waals surface area contributed by atoms with Gasteiger partial charge in [-0.15, -0.1) is 0 Å². The number of benzene rings is 1. The van der Waals surface area contributed by atoms with E-state index >= 15 is 0 Å². The highest BCUT2D eigenvalue weighted by atomic mass is 16.5. The fourth-order valence-corrected chi connectivity index (χ4v) is 2.61. The second kappa shape index (κ2) is 6.72. The number of carboxylic acids is 1. The fourth-order valence-electron chi connectivity index (χ4n) is 2.61. The van der Waals surface area contributed by atoms with Crippen molar-refractivity contribution in [3.8, 4) is 0 Å². The Morgan fingerprint density at radius 2 is 2.19 bits per heavy atom. The molecule has 2 aromatic rings. The summed E-state index contributed by atoms with van der Waals surface area (Å²) in [4.78, 5) is 16.1. The number of carboxylic acid groups (broad SMARTS) is 1. The number of carbonyl (C=O) groups is 1. The molecule has 114 valence electrons. The highest BCUT2D eigenvalue weighted by molar-refractivity contribution is 6.01. The molecule has 0 spiro atoms. The number of aryl methyl sites for hydroxylation is 1. The van der Waals surface area contributed by atoms with Gasteiger partial charge in [-0.1, -0.05) is 13.0 Å². The molecule has 0 saturated heterocycles. The molecule has 1 N–H and O–H groups in total. The Balaban J connectivity index is 2.56. The molecule has 5 nitrogen and oxygen atoms in total. The summed E-state index contributed by atoms with van der Waals surface area (Å²) in [7, 11) is 0. The van der Waals surface area contributed by atoms with Gasteiger partial charge in [-0.25, -0.2) is 9.78 Å². The minimum absolute atomic E-state index is 0.0184. The van der Waals surface area contributed by atoms with Gasteiger partial charge in [0.15, 0.2) is 0 Å². The van der Waals surface area contributed by atoms with Crippen LogP contribution in [0.25, 0.3) is 11.0 Å². The van der Waals surface area contributed by atoms with Gasteiger partial charge in [0.1, 0.15) is 5.82 Å². The topological polar surface area (TPSA) is 64.3 Å². The van der Waals surface area contributed by atoms with E-state index in [2.05, 4.69) is 11.9 Å². The maximum absolute atomic E-state index is 11.5. The molecule has 0 aliphatic rings. The van der Waals surface area contributed by atoms with Gasteiger partial charge in [0.05, 0.1) is 29.2 Å². The van der Waals surface area contributed by atoms with Crippen molar-refractivity contribution in [2.45, 2.75) is 46.3 Å². The Kier molecular flexibility index (Phi) is 4.96. The Bertz CT molecular complexity index is 634. The summed E-state index contributed by atoms with van der Waals surface area (Å²) in [5.74, 6) is 0.00149. The van der Waals surface area contributed by atoms with Gasteiger partial charge < -0.3 is 14.4 Å². The number of aromatic nitrogens is 2. The zero-order chi connectivity index (χ0) is 15.4. The molecule has 0 saturated carbocycles. The van der Waals surface area contributed by atoms with Crippen molar-refractivity contribution in [3.63, 3.8) is 0 Å². The van der Waals surface area contributed by atoms with Crippen LogP contribution in [0.2, 0.25) is 0 Å². The van der Waals surface area contributed by atoms with Crippen molar-refractivity contribution in [1.29, 1.82) is 0 Å². The largest absolute Gasteiger partial charge is 0.478 e. The summed E-state index contributed by atoms with van der Waals surface area (Å²) in [5, 5.41) is 9.41. The molecule has 1 aromatic heterocycles. The fraction of sp³-hybridized carbons (Fsp3) is 0.500. The van der Waals surface area contributed by atoms with Crippen LogP contribution in [0.15, 0.2) is 18.2 Å². The molecular weight excluding hydrogens is 268 g/mol. The van der Waals surface area contributed by atoms with E-state index in [0.717, 1.165) is 24.2 Å². The lowest BCUT2D eigenvalue weighted by molar-refractivity contribution is 0.0636. The number of nitrogens with zero attached hydrogens (tertiary/aromatic N) is 2. The van der Waals surface area contributed by atoms with Crippen molar-refractivity contribution in [1.82, 2.24) is 9.55 Å². The molecule has 0 amide bonds. The second-order valence-corrected chi connectivity index (χ2v) is 5.13. The molecule has 0 bridgehead atoms. The number of aromatic carboxylic acids is 1. The smallest absolute Gasteiger partial charge is 0.337 e. The third kappa shape index (κ3) is 3.24. The number of rotatable bonds is 7. The summed E-state index contributed by atoms with van der Waals surface area (Å²) in [6, 6.07) is 5.23. The van der Waals surface area contributed by atoms with E-state index in [-0.39, 0.29) is 6.10 Å². The monoisotopic (exact) mass is 290 g/mol. The van der Waals surface area contributed by atoms with Crippen LogP contribution in [0.3, 0.4) is 0 Å². The predicted octanol–water partition coefficient (Wildman–Crippen LogP) is 3.11. The quantitative estimate of drug-likeness (QED) is 0.851. The summed E-state index contributed by atoms with van der Waals surface area (Å²) in [6.45, 7) is 7.30. The Labute approximate surface area is 124 Å². The molecule has 1 heterocycles. The van der Waals surface area contributed by atoms with Gasteiger partial charge in [-0.2, -0.15) is 0 Å². The van der Waals surface area contributed by atoms with Crippen LogP contribution in [0, 0.1) is 0 Å². The highest BCUT2D eigenvalue weighted by Gasteiger charge is 2.18. The van der Waals surface area contributed by atoms with Crippen LogP contribution in [0.4, 0.5) is 0 Å². The van der Waals surface area contributed by atoms with E-state index in [0.29, 0.717) is 24.2 Å². The molecule has 1 aromatic carbocycles. The molecule has 0 aliphatic heterocycles. The number of imidazole rings is 1. The van der Waals surface area contributed by atoms with Gasteiger partial charge in [0.25, 0.3) is 0 Å². The zero-order valence-corrected chi connectivity index (χ0v) is 12.8. The standard InChI is InChI=1S/C16H22N2O3/c1-4-7-14-17-13-9-6-8-12(16(19)20)15(13)18(14)10-11(3)21-5-2/h6,8-9,11H,4-5,7,10H2,1-3H3,(H,19,20). The number of ether oxygens (including phenoxy) is 1. The normalized spacial score (nSPS) is 12.7. The van der Waals surface area contributed by atoms with E-state index in [9.17, 15) is 9.90 Å². The van der Waals surface area contributed by atoms with Gasteiger partial charge in [-0.05, 0) is 32.4 Å². The zero-order valence-electron chi connectivity index (χ0n) is 12.8. The third-order valence-corrected chi connectivity index (χ3v) is 3.44. The lowest BCUT2D eigenvalue weighted by atomic mass is 10.2. The van der Waals surface area contributed by atoms with E-state index in [4.69, 9.17) is 4.74 Å². The molecule has 1 atom stereocenters. The maximum atomic E-state index is 11.5. The molecule has 21 heavy (non-hydrogen) atoms. The van der Waals surface area contributed by atoms with Gasteiger partial charge >= 0.3 is 5.97 Å². The second-order valence-electron chi connectivity index (χ2n) is 5.13. The van der Waals surface area contributed by atoms with Crippen LogP contribution in [-0.4, -0.2) is 33.3 Å².